The Morgan fingerprint density at radius 1 is 1.33 bits per heavy atom. The quantitative estimate of drug-likeness (QED) is 0.307. The van der Waals surface area contributed by atoms with Crippen LogP contribution < -0.4 is 10.6 Å². The van der Waals surface area contributed by atoms with E-state index >= 15 is 0 Å². The molecule has 0 saturated carbocycles. The Morgan fingerprint density at radius 2 is 2.08 bits per heavy atom. The maximum atomic E-state index is 4.23. The lowest BCUT2D eigenvalue weighted by Crippen LogP contribution is -2.37. The number of nitrogens with zero attached hydrogens (tertiary/aromatic N) is 2. The third-order valence-electron chi connectivity index (χ3n) is 4.34. The summed E-state index contributed by atoms with van der Waals surface area (Å²) in [6.07, 6.45) is 4.52. The first-order chi connectivity index (χ1) is 11.2. The Labute approximate surface area is 163 Å². The number of guanidine groups is 1. The Hall–Kier alpha value is -1.08. The van der Waals surface area contributed by atoms with Gasteiger partial charge in [-0.15, -0.1) is 30.6 Å². The standard InChI is InChI=1S/C19H30N4.HI/c1-4-11-21-19(20-3)22-13-17-9-5-6-10-18(17)15-23-12-7-8-16(2)14-23;/h4-6,9-10,16H,1,7-8,11-15H2,2-3H3,(H2,20,21,22);1H. The molecule has 4 nitrogen and oxygen atoms in total. The first kappa shape index (κ1) is 21.0. The average Bonchev–Trinajstić information content (AvgIpc) is 2.56. The van der Waals surface area contributed by atoms with Gasteiger partial charge >= 0.3 is 0 Å². The summed E-state index contributed by atoms with van der Waals surface area (Å²) in [6.45, 7) is 11.1. The van der Waals surface area contributed by atoms with Crippen molar-refractivity contribution in [3.05, 3.63) is 48.0 Å². The molecule has 0 bridgehead atoms. The number of piperidine rings is 1. The predicted molar refractivity (Wildman–Crippen MR) is 114 cm³/mol. The lowest BCUT2D eigenvalue weighted by Gasteiger charge is -2.31. The number of hydrogen-bond acceptors (Lipinski definition) is 2. The molecule has 1 atom stereocenters. The number of aliphatic imine (C=N–C) groups is 1. The fourth-order valence-corrected chi connectivity index (χ4v) is 3.12. The molecule has 0 spiro atoms. The van der Waals surface area contributed by atoms with E-state index in [2.05, 4.69) is 58.3 Å². The van der Waals surface area contributed by atoms with E-state index in [1.807, 2.05) is 6.08 Å². The topological polar surface area (TPSA) is 39.7 Å². The SMILES string of the molecule is C=CCNC(=NC)NCc1ccccc1CN1CCCC(C)C1.I. The van der Waals surface area contributed by atoms with Gasteiger partial charge in [-0.25, -0.2) is 0 Å². The Bertz CT molecular complexity index is 530. The predicted octanol–water partition coefficient (Wildman–Crippen LogP) is 3.39. The fraction of sp³-hybridized carbons (Fsp3) is 0.526. The molecule has 1 aromatic rings. The molecule has 0 aromatic heterocycles. The van der Waals surface area contributed by atoms with E-state index in [4.69, 9.17) is 0 Å². The Balaban J connectivity index is 0.00000288. The first-order valence-electron chi connectivity index (χ1n) is 8.57. The number of halogens is 1. The second-order valence-electron chi connectivity index (χ2n) is 6.35. The second kappa shape index (κ2) is 11.5. The van der Waals surface area contributed by atoms with Crippen LogP contribution in [0.5, 0.6) is 0 Å². The molecule has 1 aliphatic heterocycles. The molecule has 1 fully saturated rings. The van der Waals surface area contributed by atoms with E-state index in [9.17, 15) is 0 Å². The van der Waals surface area contributed by atoms with Crippen molar-refractivity contribution in [2.45, 2.75) is 32.9 Å². The first-order valence-corrected chi connectivity index (χ1v) is 8.57. The molecule has 2 N–H and O–H groups in total. The van der Waals surface area contributed by atoms with Crippen molar-refractivity contribution >= 4 is 29.9 Å². The third-order valence-corrected chi connectivity index (χ3v) is 4.34. The summed E-state index contributed by atoms with van der Waals surface area (Å²) < 4.78 is 0. The zero-order valence-electron chi connectivity index (χ0n) is 14.9. The highest BCUT2D eigenvalue weighted by Gasteiger charge is 2.17. The monoisotopic (exact) mass is 442 g/mol. The van der Waals surface area contributed by atoms with E-state index in [-0.39, 0.29) is 24.0 Å². The van der Waals surface area contributed by atoms with Gasteiger partial charge in [0.05, 0.1) is 0 Å². The van der Waals surface area contributed by atoms with Crippen LogP contribution in [0.2, 0.25) is 0 Å². The van der Waals surface area contributed by atoms with Crippen molar-refractivity contribution in [2.24, 2.45) is 10.9 Å². The number of rotatable bonds is 6. The van der Waals surface area contributed by atoms with Crippen molar-refractivity contribution in [3.8, 4) is 0 Å². The Kier molecular flexibility index (Phi) is 10.0. The van der Waals surface area contributed by atoms with Crippen LogP contribution in [0, 0.1) is 5.92 Å². The maximum Gasteiger partial charge on any atom is 0.191 e. The highest BCUT2D eigenvalue weighted by atomic mass is 127. The molecule has 1 aromatic carbocycles. The van der Waals surface area contributed by atoms with Gasteiger partial charge in [0.2, 0.25) is 0 Å². The summed E-state index contributed by atoms with van der Waals surface area (Å²) in [5, 5.41) is 6.59. The zero-order valence-corrected chi connectivity index (χ0v) is 17.3. The molecule has 24 heavy (non-hydrogen) atoms. The molecular weight excluding hydrogens is 411 g/mol. The molecule has 1 aliphatic rings. The number of likely N-dealkylation sites (tertiary alicyclic amines) is 1. The lowest BCUT2D eigenvalue weighted by atomic mass is 9.99. The summed E-state index contributed by atoms with van der Waals surface area (Å²) >= 11 is 0. The summed E-state index contributed by atoms with van der Waals surface area (Å²) in [4.78, 5) is 6.81. The van der Waals surface area contributed by atoms with Crippen LogP contribution in [0.25, 0.3) is 0 Å². The summed E-state index contributed by atoms with van der Waals surface area (Å²) in [5.41, 5.74) is 2.75. The van der Waals surface area contributed by atoms with Crippen molar-refractivity contribution in [1.29, 1.82) is 0 Å². The van der Waals surface area contributed by atoms with Crippen molar-refractivity contribution < 1.29 is 0 Å². The number of benzene rings is 1. The summed E-state index contributed by atoms with van der Waals surface area (Å²) in [5.74, 6) is 1.63. The van der Waals surface area contributed by atoms with Crippen molar-refractivity contribution in [2.75, 3.05) is 26.7 Å². The van der Waals surface area contributed by atoms with Crippen LogP contribution in [-0.4, -0.2) is 37.5 Å². The smallest absolute Gasteiger partial charge is 0.191 e. The van der Waals surface area contributed by atoms with Gasteiger partial charge in [-0.1, -0.05) is 37.3 Å². The number of hydrogen-bond donors (Lipinski definition) is 2. The molecule has 0 amide bonds. The van der Waals surface area contributed by atoms with Gasteiger partial charge in [-0.3, -0.25) is 9.89 Å². The van der Waals surface area contributed by atoms with Crippen LogP contribution in [0.1, 0.15) is 30.9 Å². The van der Waals surface area contributed by atoms with E-state index in [0.717, 1.165) is 25.0 Å². The minimum absolute atomic E-state index is 0. The second-order valence-corrected chi connectivity index (χ2v) is 6.35. The highest BCUT2D eigenvalue weighted by molar-refractivity contribution is 14.0. The minimum atomic E-state index is 0. The molecule has 5 heteroatoms. The third kappa shape index (κ3) is 6.81. The largest absolute Gasteiger partial charge is 0.353 e. The van der Waals surface area contributed by atoms with Gasteiger partial charge in [0.25, 0.3) is 0 Å². The van der Waals surface area contributed by atoms with Gasteiger partial charge in [-0.05, 0) is 36.4 Å². The van der Waals surface area contributed by atoms with Gasteiger partial charge < -0.3 is 10.6 Å². The molecule has 134 valence electrons. The van der Waals surface area contributed by atoms with Gasteiger partial charge in [-0.2, -0.15) is 0 Å². The molecule has 1 heterocycles. The van der Waals surface area contributed by atoms with Crippen LogP contribution in [0.3, 0.4) is 0 Å². The fourth-order valence-electron chi connectivity index (χ4n) is 3.12. The van der Waals surface area contributed by atoms with E-state index in [1.165, 1.54) is 37.1 Å². The maximum absolute atomic E-state index is 4.23. The van der Waals surface area contributed by atoms with Gasteiger partial charge in [0.15, 0.2) is 5.96 Å². The Morgan fingerprint density at radius 3 is 2.75 bits per heavy atom. The molecule has 0 aliphatic carbocycles. The van der Waals surface area contributed by atoms with Crippen LogP contribution in [-0.2, 0) is 13.1 Å². The summed E-state index contributed by atoms with van der Waals surface area (Å²) in [6, 6.07) is 8.70. The van der Waals surface area contributed by atoms with Crippen LogP contribution in [0.15, 0.2) is 41.9 Å². The van der Waals surface area contributed by atoms with Crippen LogP contribution >= 0.6 is 24.0 Å². The molecule has 2 rings (SSSR count). The van der Waals surface area contributed by atoms with Gasteiger partial charge in [0.1, 0.15) is 0 Å². The van der Waals surface area contributed by atoms with E-state index < -0.39 is 0 Å². The molecule has 1 unspecified atom stereocenters. The zero-order chi connectivity index (χ0) is 16.5. The molecular formula is C19H31IN4. The molecule has 1 saturated heterocycles. The minimum Gasteiger partial charge on any atom is -0.353 e. The number of nitrogens with one attached hydrogen (secondary N) is 2. The normalized spacial score (nSPS) is 18.6. The van der Waals surface area contributed by atoms with E-state index in [0.29, 0.717) is 6.54 Å². The molecule has 0 radical (unpaired) electrons. The van der Waals surface area contributed by atoms with E-state index in [1.54, 1.807) is 7.05 Å². The van der Waals surface area contributed by atoms with Gasteiger partial charge in [0, 0.05) is 33.2 Å². The lowest BCUT2D eigenvalue weighted by molar-refractivity contribution is 0.176. The summed E-state index contributed by atoms with van der Waals surface area (Å²) in [7, 11) is 1.79. The van der Waals surface area contributed by atoms with Crippen LogP contribution in [0.4, 0.5) is 0 Å². The van der Waals surface area contributed by atoms with Crippen molar-refractivity contribution in [3.63, 3.8) is 0 Å². The average molecular weight is 442 g/mol. The van der Waals surface area contributed by atoms with Crippen molar-refractivity contribution in [1.82, 2.24) is 15.5 Å². The highest BCUT2D eigenvalue weighted by Crippen LogP contribution is 2.19.